The molecule has 1 amide bonds. The van der Waals surface area contributed by atoms with Crippen molar-refractivity contribution < 1.29 is 9.32 Å². The average Bonchev–Trinajstić information content (AvgIpc) is 2.99. The van der Waals surface area contributed by atoms with E-state index in [0.717, 1.165) is 12.1 Å². The zero-order chi connectivity index (χ0) is 19.3. The van der Waals surface area contributed by atoms with Crippen LogP contribution in [0.25, 0.3) is 11.4 Å². The number of aromatic nitrogens is 2. The maximum absolute atomic E-state index is 12.6. The van der Waals surface area contributed by atoms with Gasteiger partial charge in [0.05, 0.1) is 0 Å². The molecule has 0 atom stereocenters. The van der Waals surface area contributed by atoms with Gasteiger partial charge in [0.2, 0.25) is 17.6 Å². The Bertz CT molecular complexity index is 717. The lowest BCUT2D eigenvalue weighted by Gasteiger charge is -2.27. The van der Waals surface area contributed by atoms with Crippen molar-refractivity contribution in [2.24, 2.45) is 11.3 Å². The fourth-order valence-corrected chi connectivity index (χ4v) is 2.75. The van der Waals surface area contributed by atoms with Crippen LogP contribution in [0.3, 0.4) is 0 Å². The van der Waals surface area contributed by atoms with E-state index in [1.165, 1.54) is 0 Å². The van der Waals surface area contributed by atoms with Crippen LogP contribution in [-0.4, -0.2) is 34.0 Å². The normalized spacial score (nSPS) is 11.8. The third kappa shape index (κ3) is 6.45. The Morgan fingerprint density at radius 2 is 1.88 bits per heavy atom. The molecular formula is C20H28ClN3O2. The molecule has 2 rings (SSSR count). The van der Waals surface area contributed by atoms with Crippen molar-refractivity contribution >= 4 is 17.5 Å². The summed E-state index contributed by atoms with van der Waals surface area (Å²) in [6.45, 7) is 11.8. The summed E-state index contributed by atoms with van der Waals surface area (Å²) in [7, 11) is 0. The molecule has 0 saturated heterocycles. The van der Waals surface area contributed by atoms with Gasteiger partial charge in [0.15, 0.2) is 0 Å². The Morgan fingerprint density at radius 1 is 1.23 bits per heavy atom. The Hall–Kier alpha value is -1.88. The van der Waals surface area contributed by atoms with Gasteiger partial charge in [-0.1, -0.05) is 51.4 Å². The van der Waals surface area contributed by atoms with Crippen LogP contribution in [0.4, 0.5) is 0 Å². The number of amides is 1. The van der Waals surface area contributed by atoms with Gasteiger partial charge in [0.1, 0.15) is 0 Å². The molecule has 0 N–H and O–H groups in total. The maximum Gasteiger partial charge on any atom is 0.228 e. The molecule has 0 aliphatic carbocycles. The molecule has 1 aromatic heterocycles. The van der Waals surface area contributed by atoms with Crippen molar-refractivity contribution in [2.75, 3.05) is 13.1 Å². The van der Waals surface area contributed by atoms with E-state index in [1.54, 1.807) is 12.1 Å². The minimum atomic E-state index is -0.0292. The molecule has 0 bridgehead atoms. The van der Waals surface area contributed by atoms with E-state index < -0.39 is 0 Å². The average molecular weight is 378 g/mol. The second-order valence-electron chi connectivity index (χ2n) is 8.24. The van der Waals surface area contributed by atoms with E-state index >= 15 is 0 Å². The van der Waals surface area contributed by atoms with Crippen molar-refractivity contribution in [1.29, 1.82) is 0 Å². The number of benzene rings is 1. The summed E-state index contributed by atoms with van der Waals surface area (Å²) in [5, 5.41) is 4.69. The molecule has 0 radical (unpaired) electrons. The van der Waals surface area contributed by atoms with E-state index in [-0.39, 0.29) is 11.3 Å². The lowest BCUT2D eigenvalue weighted by molar-refractivity contribution is -0.133. The highest BCUT2D eigenvalue weighted by Gasteiger charge is 2.22. The quantitative estimate of drug-likeness (QED) is 0.691. The lowest BCUT2D eigenvalue weighted by Crippen LogP contribution is -2.37. The van der Waals surface area contributed by atoms with E-state index in [2.05, 4.69) is 44.8 Å². The van der Waals surface area contributed by atoms with Crippen molar-refractivity contribution in [3.8, 4) is 11.4 Å². The fourth-order valence-electron chi connectivity index (χ4n) is 2.63. The Morgan fingerprint density at radius 3 is 2.46 bits per heavy atom. The Kier molecular flexibility index (Phi) is 6.81. The molecule has 0 fully saturated rings. The smallest absolute Gasteiger partial charge is 0.228 e. The molecule has 1 aromatic carbocycles. The minimum absolute atomic E-state index is 0.0292. The van der Waals surface area contributed by atoms with Gasteiger partial charge >= 0.3 is 0 Å². The molecule has 0 unspecified atom stereocenters. The van der Waals surface area contributed by atoms with Crippen LogP contribution < -0.4 is 0 Å². The predicted octanol–water partition coefficient (Wildman–Crippen LogP) is 4.85. The van der Waals surface area contributed by atoms with E-state index in [4.69, 9.17) is 16.1 Å². The Balaban J connectivity index is 2.01. The molecule has 26 heavy (non-hydrogen) atoms. The van der Waals surface area contributed by atoms with Crippen molar-refractivity contribution in [2.45, 2.75) is 47.5 Å². The van der Waals surface area contributed by atoms with Crippen LogP contribution >= 0.6 is 11.6 Å². The van der Waals surface area contributed by atoms with E-state index in [1.807, 2.05) is 17.0 Å². The van der Waals surface area contributed by atoms with Gasteiger partial charge in [-0.25, -0.2) is 0 Å². The number of hydrogen-bond donors (Lipinski definition) is 0. The van der Waals surface area contributed by atoms with Crippen LogP contribution in [0.15, 0.2) is 28.8 Å². The van der Waals surface area contributed by atoms with Gasteiger partial charge in [0, 0.05) is 36.5 Å². The summed E-state index contributed by atoms with van der Waals surface area (Å²) in [6, 6.07) is 7.30. The number of rotatable bonds is 7. The molecule has 0 spiro atoms. The van der Waals surface area contributed by atoms with E-state index in [0.29, 0.717) is 42.0 Å². The monoisotopic (exact) mass is 377 g/mol. The molecule has 1 heterocycles. The number of nitrogens with zero attached hydrogens (tertiary/aromatic N) is 3. The minimum Gasteiger partial charge on any atom is -0.342 e. The third-order valence-electron chi connectivity index (χ3n) is 3.79. The first-order valence-corrected chi connectivity index (χ1v) is 9.38. The predicted molar refractivity (Wildman–Crippen MR) is 104 cm³/mol. The summed E-state index contributed by atoms with van der Waals surface area (Å²) < 4.78 is 5.35. The topological polar surface area (TPSA) is 59.2 Å². The van der Waals surface area contributed by atoms with Gasteiger partial charge in [-0.05, 0) is 35.6 Å². The third-order valence-corrected chi connectivity index (χ3v) is 4.04. The Labute approximate surface area is 160 Å². The number of hydrogen-bond acceptors (Lipinski definition) is 4. The zero-order valence-corrected chi connectivity index (χ0v) is 17.0. The van der Waals surface area contributed by atoms with Gasteiger partial charge in [-0.2, -0.15) is 4.98 Å². The fraction of sp³-hybridized carbons (Fsp3) is 0.550. The molecule has 0 saturated carbocycles. The summed E-state index contributed by atoms with van der Waals surface area (Å²) in [6.07, 6.45) is 1.07. The summed E-state index contributed by atoms with van der Waals surface area (Å²) >= 11 is 5.90. The molecule has 6 heteroatoms. The SMILES string of the molecule is CC(C)CN(CCc1nc(-c2ccc(Cl)cc2)no1)C(=O)CC(C)(C)C. The van der Waals surface area contributed by atoms with Crippen LogP contribution in [-0.2, 0) is 11.2 Å². The van der Waals surface area contributed by atoms with Crippen molar-refractivity contribution in [3.05, 3.63) is 35.2 Å². The van der Waals surface area contributed by atoms with Gasteiger partial charge in [0.25, 0.3) is 0 Å². The van der Waals surface area contributed by atoms with Crippen LogP contribution in [0.2, 0.25) is 5.02 Å². The van der Waals surface area contributed by atoms with E-state index in [9.17, 15) is 4.79 Å². The van der Waals surface area contributed by atoms with Crippen molar-refractivity contribution in [3.63, 3.8) is 0 Å². The molecule has 0 aliphatic heterocycles. The summed E-state index contributed by atoms with van der Waals surface area (Å²) in [5.74, 6) is 1.65. The second kappa shape index (κ2) is 8.67. The van der Waals surface area contributed by atoms with Gasteiger partial charge < -0.3 is 9.42 Å². The van der Waals surface area contributed by atoms with Crippen LogP contribution in [0.1, 0.15) is 46.9 Å². The number of carbonyl (C=O) groups is 1. The highest BCUT2D eigenvalue weighted by atomic mass is 35.5. The highest BCUT2D eigenvalue weighted by Crippen LogP contribution is 2.21. The largest absolute Gasteiger partial charge is 0.342 e. The maximum atomic E-state index is 12.6. The number of carbonyl (C=O) groups excluding carboxylic acids is 1. The standard InChI is InChI=1S/C20H28ClN3O2/c1-14(2)13-24(18(25)12-20(3,4)5)11-10-17-22-19(23-26-17)15-6-8-16(21)9-7-15/h6-9,14H,10-13H2,1-5H3. The summed E-state index contributed by atoms with van der Waals surface area (Å²) in [4.78, 5) is 19.0. The first-order chi connectivity index (χ1) is 12.1. The van der Waals surface area contributed by atoms with Gasteiger partial charge in [-0.3, -0.25) is 4.79 Å². The van der Waals surface area contributed by atoms with Crippen LogP contribution in [0.5, 0.6) is 0 Å². The summed E-state index contributed by atoms with van der Waals surface area (Å²) in [5.41, 5.74) is 0.825. The zero-order valence-electron chi connectivity index (χ0n) is 16.3. The lowest BCUT2D eigenvalue weighted by atomic mass is 9.91. The van der Waals surface area contributed by atoms with Gasteiger partial charge in [-0.15, -0.1) is 0 Å². The highest BCUT2D eigenvalue weighted by molar-refractivity contribution is 6.30. The first-order valence-electron chi connectivity index (χ1n) is 9.00. The number of halogens is 1. The molecule has 142 valence electrons. The second-order valence-corrected chi connectivity index (χ2v) is 8.68. The van der Waals surface area contributed by atoms with Crippen LogP contribution in [0, 0.1) is 11.3 Å². The molecule has 2 aromatic rings. The molecule has 0 aliphatic rings. The van der Waals surface area contributed by atoms with Crippen molar-refractivity contribution in [1.82, 2.24) is 15.0 Å². The first kappa shape index (κ1) is 20.4. The molecular weight excluding hydrogens is 350 g/mol. The molecule has 5 nitrogen and oxygen atoms in total.